The first-order chi connectivity index (χ1) is 23.7. The van der Waals surface area contributed by atoms with Crippen LogP contribution in [0.4, 0.5) is 14.6 Å². The quantitative estimate of drug-likeness (QED) is 0.194. The number of hydrogen-bond donors (Lipinski definition) is 2. The van der Waals surface area contributed by atoms with E-state index in [1.165, 1.54) is 24.3 Å². The molecule has 5 aromatic rings. The standard InChI is InChI=1S/C39H39F2N5O3/c1-4-26-29(40)11-8-22-16-25(47)17-27(31(22)26)32-34(41)35-33(28-15-21(2)49-36(28)32)37(46-18-23-9-10-24(19-46)42-23)44-38(43-35)48-20-39-12-5-7-30(39)45(3)14-6-13-39/h1,8,11,15-17,23-24,30,42,47H,5-7,9-10,12-14,18-20H2,2-3H3/t23-,24+,30-,39+/m1/s1. The van der Waals surface area contributed by atoms with E-state index in [9.17, 15) is 5.11 Å². The summed E-state index contributed by atoms with van der Waals surface area (Å²) in [5, 5.41) is 16.5. The summed E-state index contributed by atoms with van der Waals surface area (Å²) in [7, 11) is 2.20. The molecule has 49 heavy (non-hydrogen) atoms. The molecule has 252 valence electrons. The molecule has 4 aliphatic rings. The van der Waals surface area contributed by atoms with Crippen LogP contribution in [-0.4, -0.2) is 71.4 Å². The van der Waals surface area contributed by atoms with Gasteiger partial charge in [0.15, 0.2) is 5.82 Å². The highest BCUT2D eigenvalue weighted by Gasteiger charge is 2.47. The number of ether oxygens (including phenoxy) is 1. The van der Waals surface area contributed by atoms with Gasteiger partial charge in [-0.1, -0.05) is 18.4 Å². The largest absolute Gasteiger partial charge is 0.508 e. The molecule has 4 atom stereocenters. The number of piperidine rings is 1. The van der Waals surface area contributed by atoms with Crippen molar-refractivity contribution in [3.05, 3.63) is 53.3 Å². The van der Waals surface area contributed by atoms with E-state index in [0.717, 1.165) is 64.6 Å². The number of fused-ring (bicyclic) bond motifs is 7. The number of hydrogen-bond acceptors (Lipinski definition) is 8. The lowest BCUT2D eigenvalue weighted by molar-refractivity contribution is 0.0133. The van der Waals surface area contributed by atoms with Gasteiger partial charge in [-0.25, -0.2) is 8.78 Å². The van der Waals surface area contributed by atoms with Crippen molar-refractivity contribution in [3.8, 4) is 35.2 Å². The number of furan rings is 1. The van der Waals surface area contributed by atoms with Crippen molar-refractivity contribution < 1.29 is 23.0 Å². The molecule has 9 rings (SSSR count). The zero-order valence-electron chi connectivity index (χ0n) is 27.8. The van der Waals surface area contributed by atoms with Gasteiger partial charge in [0, 0.05) is 53.0 Å². The lowest BCUT2D eigenvalue weighted by atomic mass is 9.76. The summed E-state index contributed by atoms with van der Waals surface area (Å²) in [4.78, 5) is 14.6. The van der Waals surface area contributed by atoms with Gasteiger partial charge in [-0.05, 0) is 88.7 Å². The van der Waals surface area contributed by atoms with Crippen molar-refractivity contribution in [2.24, 2.45) is 5.41 Å². The minimum atomic E-state index is -0.670. The molecular formula is C39H39F2N5O3. The van der Waals surface area contributed by atoms with Crippen LogP contribution in [-0.2, 0) is 0 Å². The normalized spacial score (nSPS) is 25.4. The van der Waals surface area contributed by atoms with Gasteiger partial charge >= 0.3 is 6.01 Å². The summed E-state index contributed by atoms with van der Waals surface area (Å²) in [5.41, 5.74) is 0.613. The molecule has 10 heteroatoms. The van der Waals surface area contributed by atoms with E-state index in [1.54, 1.807) is 0 Å². The fourth-order valence-corrected chi connectivity index (χ4v) is 9.59. The Hall–Kier alpha value is -4.46. The summed E-state index contributed by atoms with van der Waals surface area (Å²) in [6, 6.07) is 8.76. The van der Waals surface area contributed by atoms with E-state index in [1.807, 2.05) is 13.0 Å². The van der Waals surface area contributed by atoms with Crippen LogP contribution in [0.5, 0.6) is 11.8 Å². The number of rotatable bonds is 5. The molecule has 4 fully saturated rings. The van der Waals surface area contributed by atoms with Gasteiger partial charge in [0.05, 0.1) is 23.1 Å². The topological polar surface area (TPSA) is 86.9 Å². The Labute approximate surface area is 283 Å². The minimum Gasteiger partial charge on any atom is -0.508 e. The van der Waals surface area contributed by atoms with Gasteiger partial charge in [0.2, 0.25) is 0 Å². The van der Waals surface area contributed by atoms with Crippen LogP contribution in [0.15, 0.2) is 34.7 Å². The zero-order chi connectivity index (χ0) is 33.6. The smallest absolute Gasteiger partial charge is 0.319 e. The molecule has 2 N–H and O–H groups in total. The molecular weight excluding hydrogens is 624 g/mol. The second-order valence-corrected chi connectivity index (χ2v) is 14.7. The molecule has 3 aromatic carbocycles. The number of benzene rings is 3. The van der Waals surface area contributed by atoms with Gasteiger partial charge in [0.25, 0.3) is 0 Å². The van der Waals surface area contributed by atoms with Crippen LogP contribution in [0.2, 0.25) is 0 Å². The van der Waals surface area contributed by atoms with E-state index in [2.05, 4.69) is 28.1 Å². The maximum Gasteiger partial charge on any atom is 0.319 e. The van der Waals surface area contributed by atoms with Crippen molar-refractivity contribution in [1.82, 2.24) is 20.2 Å². The molecule has 2 bridgehead atoms. The van der Waals surface area contributed by atoms with Crippen LogP contribution in [0, 0.1) is 36.3 Å². The molecule has 3 saturated heterocycles. The fourth-order valence-electron chi connectivity index (χ4n) is 9.59. The molecule has 1 aliphatic carbocycles. The third kappa shape index (κ3) is 4.77. The number of terminal acetylenes is 1. The number of piperazine rings is 1. The molecule has 0 radical (unpaired) electrons. The number of phenols is 1. The number of likely N-dealkylation sites (tertiary alicyclic amines) is 1. The average Bonchev–Trinajstić information content (AvgIpc) is 3.80. The highest BCUT2D eigenvalue weighted by Crippen LogP contribution is 2.49. The second kappa shape index (κ2) is 11.3. The maximum atomic E-state index is 17.6. The molecule has 0 spiro atoms. The van der Waals surface area contributed by atoms with Gasteiger partial charge in [0.1, 0.15) is 34.2 Å². The fraction of sp³-hybridized carbons (Fsp3) is 0.436. The Bertz CT molecular complexity index is 2200. The molecule has 5 heterocycles. The predicted molar refractivity (Wildman–Crippen MR) is 186 cm³/mol. The molecule has 8 nitrogen and oxygen atoms in total. The van der Waals surface area contributed by atoms with Crippen LogP contribution < -0.4 is 15.0 Å². The summed E-state index contributed by atoms with van der Waals surface area (Å²) >= 11 is 0. The molecule has 0 unspecified atom stereocenters. The van der Waals surface area contributed by atoms with Gasteiger partial charge < -0.3 is 29.4 Å². The van der Waals surface area contributed by atoms with Crippen LogP contribution >= 0.6 is 0 Å². The summed E-state index contributed by atoms with van der Waals surface area (Å²) in [6.07, 6.45) is 13.5. The highest BCUT2D eigenvalue weighted by molar-refractivity contribution is 6.18. The number of anilines is 1. The van der Waals surface area contributed by atoms with Crippen molar-refractivity contribution in [3.63, 3.8) is 0 Å². The lowest BCUT2D eigenvalue weighted by Crippen LogP contribution is -2.51. The molecule has 2 aromatic heterocycles. The van der Waals surface area contributed by atoms with E-state index >= 15 is 8.78 Å². The zero-order valence-corrected chi connectivity index (χ0v) is 27.8. The number of halogens is 2. The number of phenolic OH excluding ortho intramolecular Hbond substituents is 1. The Balaban J connectivity index is 1.29. The number of aryl methyl sites for hydroxylation is 1. The number of nitrogens with one attached hydrogen (secondary N) is 1. The first-order valence-corrected chi connectivity index (χ1v) is 17.4. The van der Waals surface area contributed by atoms with Gasteiger partial charge in [-0.15, -0.1) is 6.42 Å². The minimum absolute atomic E-state index is 0.00510. The highest BCUT2D eigenvalue weighted by atomic mass is 19.1. The van der Waals surface area contributed by atoms with Crippen molar-refractivity contribution in [2.45, 2.75) is 70.0 Å². The van der Waals surface area contributed by atoms with Gasteiger partial charge in [-0.2, -0.15) is 9.97 Å². The van der Waals surface area contributed by atoms with Crippen LogP contribution in [0.1, 0.15) is 56.3 Å². The Morgan fingerprint density at radius 1 is 1.08 bits per heavy atom. The Morgan fingerprint density at radius 2 is 1.88 bits per heavy atom. The second-order valence-electron chi connectivity index (χ2n) is 14.7. The summed E-state index contributed by atoms with van der Waals surface area (Å²) < 4.78 is 45.5. The van der Waals surface area contributed by atoms with E-state index in [4.69, 9.17) is 25.5 Å². The maximum absolute atomic E-state index is 17.6. The molecule has 1 saturated carbocycles. The molecule has 3 aliphatic heterocycles. The van der Waals surface area contributed by atoms with E-state index < -0.39 is 11.6 Å². The number of aromatic hydroxyl groups is 1. The third-order valence-electron chi connectivity index (χ3n) is 11.7. The summed E-state index contributed by atoms with van der Waals surface area (Å²) in [5.74, 6) is 2.24. The monoisotopic (exact) mass is 663 g/mol. The number of aromatic nitrogens is 2. The predicted octanol–water partition coefficient (Wildman–Crippen LogP) is 7.05. The van der Waals surface area contributed by atoms with E-state index in [0.29, 0.717) is 57.9 Å². The SMILES string of the molecule is C#Cc1c(F)ccc2cc(O)cc(-c3c(F)c4nc(OC[C@@]56CCC[C@H]5N(C)CCC6)nc(N5C[C@H]6CC[C@@H](C5)N6)c4c4cc(C)oc34)c12. The average molecular weight is 664 g/mol. The first kappa shape index (κ1) is 30.6. The van der Waals surface area contributed by atoms with Crippen LogP contribution in [0.3, 0.4) is 0 Å². The Kier molecular flexibility index (Phi) is 7.05. The van der Waals surface area contributed by atoms with Crippen molar-refractivity contribution in [1.29, 1.82) is 0 Å². The lowest BCUT2D eigenvalue weighted by Gasteiger charge is -2.44. The van der Waals surface area contributed by atoms with E-state index in [-0.39, 0.29) is 45.0 Å². The van der Waals surface area contributed by atoms with Crippen LogP contribution in [0.25, 0.3) is 43.8 Å². The number of nitrogens with zero attached hydrogens (tertiary/aromatic N) is 4. The Morgan fingerprint density at radius 3 is 2.67 bits per heavy atom. The molecule has 0 amide bonds. The first-order valence-electron chi connectivity index (χ1n) is 17.4. The van der Waals surface area contributed by atoms with Crippen molar-refractivity contribution in [2.75, 3.05) is 38.2 Å². The van der Waals surface area contributed by atoms with Gasteiger partial charge in [-0.3, -0.25) is 0 Å². The summed E-state index contributed by atoms with van der Waals surface area (Å²) in [6.45, 7) is 4.80. The van der Waals surface area contributed by atoms with Crippen molar-refractivity contribution >= 4 is 38.5 Å². The third-order valence-corrected chi connectivity index (χ3v) is 11.7.